The fraction of sp³-hybridized carbons (Fsp3) is 0. The molecule has 6 rings (SSSR count). The van der Waals surface area contributed by atoms with E-state index in [1.165, 1.54) is 97.3 Å². The number of nitro groups is 4. The maximum Gasteiger partial charge on any atom is 0.396 e. The van der Waals surface area contributed by atoms with E-state index in [0.717, 1.165) is 45.9 Å². The topological polar surface area (TPSA) is 267 Å². The lowest BCUT2D eigenvalue weighted by Crippen LogP contribution is -2.47. The lowest BCUT2D eigenvalue weighted by atomic mass is 10.1. The zero-order valence-corrected chi connectivity index (χ0v) is 29.5. The van der Waals surface area contributed by atoms with Gasteiger partial charge in [-0.05, 0) is 59.7 Å². The first-order valence-electron chi connectivity index (χ1n) is 15.5. The number of aromatic nitrogens is 2. The average Bonchev–Trinajstić information content (AvgIpc) is 3.17. The Morgan fingerprint density at radius 1 is 0.446 bits per heavy atom. The maximum absolute atomic E-state index is 13.3. The van der Waals surface area contributed by atoms with Crippen LogP contribution in [-0.4, -0.2) is 36.5 Å². The SMILES string of the molecule is O=[N+]([O-])c1ccc(-c2cccc[n+]2OS(=O)(=O)c2ccc(-c3ccc(S(=O)(=O)O[n+]4ccccc4-c4ccc([N+](=O)[O-])cc4[N+](=O)[O-])cc3)cc2)c([N+](=O)[O-])c1. The number of hydrogen-bond acceptors (Lipinski definition) is 14. The van der Waals surface area contributed by atoms with Crippen molar-refractivity contribution >= 4 is 43.0 Å². The van der Waals surface area contributed by atoms with Crippen LogP contribution in [-0.2, 0) is 20.2 Å². The summed E-state index contributed by atoms with van der Waals surface area (Å²) in [5.41, 5.74) is -2.00. The molecule has 0 saturated carbocycles. The molecule has 0 bridgehead atoms. The number of rotatable bonds is 13. The molecule has 0 spiro atoms. The minimum Gasteiger partial charge on any atom is -0.258 e. The summed E-state index contributed by atoms with van der Waals surface area (Å²) in [5, 5.41) is 45.8. The number of benzene rings is 4. The molecule has 20 nitrogen and oxygen atoms in total. The number of non-ortho nitro benzene ring substituents is 2. The quantitative estimate of drug-likeness (QED) is 0.0882. The molecule has 0 radical (unpaired) electrons. The molecule has 0 aliphatic carbocycles. The van der Waals surface area contributed by atoms with Crippen LogP contribution in [0.3, 0.4) is 0 Å². The molecule has 4 aromatic carbocycles. The number of hydrogen-bond donors (Lipinski definition) is 0. The normalized spacial score (nSPS) is 11.4. The average molecular weight is 803 g/mol. The van der Waals surface area contributed by atoms with Crippen LogP contribution in [0.15, 0.2) is 144 Å². The van der Waals surface area contributed by atoms with Gasteiger partial charge in [-0.2, -0.15) is 16.8 Å². The van der Waals surface area contributed by atoms with Gasteiger partial charge in [0.1, 0.15) is 20.9 Å². The third-order valence-corrected chi connectivity index (χ3v) is 10.4. The van der Waals surface area contributed by atoms with Gasteiger partial charge in [-0.1, -0.05) is 24.3 Å². The first-order chi connectivity index (χ1) is 26.6. The monoisotopic (exact) mass is 802 g/mol. The molecule has 0 aliphatic heterocycles. The van der Waals surface area contributed by atoms with Gasteiger partial charge in [-0.15, -0.1) is 8.57 Å². The highest BCUT2D eigenvalue weighted by Crippen LogP contribution is 2.33. The maximum atomic E-state index is 13.3. The first-order valence-corrected chi connectivity index (χ1v) is 18.4. The van der Waals surface area contributed by atoms with Crippen molar-refractivity contribution in [3.8, 4) is 33.6 Å². The van der Waals surface area contributed by atoms with E-state index in [9.17, 15) is 57.3 Å². The Labute approximate surface area is 314 Å². The highest BCUT2D eigenvalue weighted by atomic mass is 32.2. The van der Waals surface area contributed by atoms with E-state index < -0.39 is 62.7 Å². The van der Waals surface area contributed by atoms with Gasteiger partial charge >= 0.3 is 20.2 Å². The predicted octanol–water partition coefficient (Wildman–Crippen LogP) is 4.53. The van der Waals surface area contributed by atoms with Crippen LogP contribution in [0.1, 0.15) is 0 Å². The summed E-state index contributed by atoms with van der Waals surface area (Å²) in [5.74, 6) is 0. The number of pyridine rings is 2. The van der Waals surface area contributed by atoms with Gasteiger partial charge in [0.2, 0.25) is 12.4 Å². The van der Waals surface area contributed by atoms with E-state index in [1.54, 1.807) is 0 Å². The third kappa shape index (κ3) is 7.80. The summed E-state index contributed by atoms with van der Waals surface area (Å²) >= 11 is 0. The molecule has 22 heteroatoms. The Bertz CT molecular complexity index is 2610. The van der Waals surface area contributed by atoms with E-state index in [1.807, 2.05) is 0 Å². The van der Waals surface area contributed by atoms with Crippen LogP contribution in [0.2, 0.25) is 0 Å². The van der Waals surface area contributed by atoms with E-state index in [2.05, 4.69) is 0 Å². The van der Waals surface area contributed by atoms with Gasteiger partial charge < -0.3 is 0 Å². The summed E-state index contributed by atoms with van der Waals surface area (Å²) in [6.45, 7) is 0. The Morgan fingerprint density at radius 3 is 1.12 bits per heavy atom. The van der Waals surface area contributed by atoms with Crippen LogP contribution in [0.4, 0.5) is 22.7 Å². The summed E-state index contributed by atoms with van der Waals surface area (Å²) in [7, 11) is -9.14. The Balaban J connectivity index is 1.22. The van der Waals surface area contributed by atoms with E-state index in [0.29, 0.717) is 11.1 Å². The second-order valence-electron chi connectivity index (χ2n) is 11.4. The lowest BCUT2D eigenvalue weighted by molar-refractivity contribution is -0.847. The predicted molar refractivity (Wildman–Crippen MR) is 190 cm³/mol. The second kappa shape index (κ2) is 15.0. The van der Waals surface area contributed by atoms with Crippen molar-refractivity contribution in [2.24, 2.45) is 0 Å². The molecule has 56 heavy (non-hydrogen) atoms. The summed E-state index contributed by atoms with van der Waals surface area (Å²) < 4.78 is 65.3. The van der Waals surface area contributed by atoms with E-state index >= 15 is 0 Å². The third-order valence-electron chi connectivity index (χ3n) is 7.95. The molecular formula is C34H22N6O14S2+2. The van der Waals surface area contributed by atoms with Crippen molar-refractivity contribution in [2.45, 2.75) is 9.79 Å². The fourth-order valence-corrected chi connectivity index (χ4v) is 7.13. The van der Waals surface area contributed by atoms with Crippen molar-refractivity contribution in [1.29, 1.82) is 0 Å². The number of nitro benzene ring substituents is 4. The highest BCUT2D eigenvalue weighted by molar-refractivity contribution is 7.87. The minimum atomic E-state index is -4.57. The van der Waals surface area contributed by atoms with Gasteiger partial charge in [-0.25, -0.2) is 0 Å². The van der Waals surface area contributed by atoms with Crippen LogP contribution in [0.5, 0.6) is 0 Å². The molecule has 0 unspecified atom stereocenters. The Kier molecular flexibility index (Phi) is 10.2. The molecule has 6 aromatic rings. The van der Waals surface area contributed by atoms with Gasteiger partial charge in [0, 0.05) is 45.9 Å². The molecule has 282 valence electrons. The standard InChI is InChI=1S/C34H22N6O14S2/c41-37(42)25-11-17-29(33(21-25)39(45)46)31-5-1-3-19-35(31)53-55(49,50)27-13-7-23(8-14-27)24-9-15-28(16-10-24)56(51,52)54-36-20-4-2-6-32(36)30-18-12-26(38(43)44)22-34(30)40(47)48/h1-22H/q+2. The van der Waals surface area contributed by atoms with Crippen LogP contribution in [0, 0.1) is 40.5 Å². The Morgan fingerprint density at radius 2 is 0.804 bits per heavy atom. The van der Waals surface area contributed by atoms with Gasteiger partial charge in [0.15, 0.2) is 0 Å². The van der Waals surface area contributed by atoms with Crippen molar-refractivity contribution in [1.82, 2.24) is 0 Å². The van der Waals surface area contributed by atoms with Crippen molar-refractivity contribution < 1.29 is 54.6 Å². The van der Waals surface area contributed by atoms with Crippen molar-refractivity contribution in [3.63, 3.8) is 0 Å². The molecule has 2 heterocycles. The first kappa shape index (κ1) is 38.0. The molecule has 0 amide bonds. The fourth-order valence-electron chi connectivity index (χ4n) is 5.33. The largest absolute Gasteiger partial charge is 0.396 e. The van der Waals surface area contributed by atoms with E-state index in [-0.39, 0.29) is 32.3 Å². The van der Waals surface area contributed by atoms with Gasteiger partial charge in [0.05, 0.1) is 31.8 Å². The summed E-state index contributed by atoms with van der Waals surface area (Å²) in [6.07, 6.45) is 2.37. The van der Waals surface area contributed by atoms with E-state index in [4.69, 9.17) is 8.57 Å². The molecule has 0 aliphatic rings. The molecular weight excluding hydrogens is 781 g/mol. The molecule has 2 aromatic heterocycles. The smallest absolute Gasteiger partial charge is 0.258 e. The second-order valence-corrected chi connectivity index (χ2v) is 14.4. The van der Waals surface area contributed by atoms with Gasteiger partial charge in [-0.3, -0.25) is 40.5 Å². The van der Waals surface area contributed by atoms with Crippen molar-refractivity contribution in [2.75, 3.05) is 0 Å². The number of nitrogens with zero attached hydrogens (tertiary/aromatic N) is 6. The van der Waals surface area contributed by atoms with Gasteiger partial charge in [0.25, 0.3) is 34.1 Å². The Hall–Kier alpha value is -7.72. The zero-order chi connectivity index (χ0) is 40.4. The van der Waals surface area contributed by atoms with Crippen molar-refractivity contribution in [3.05, 3.63) is 174 Å². The summed E-state index contributed by atoms with van der Waals surface area (Å²) in [6, 6.07) is 24.6. The lowest BCUT2D eigenvalue weighted by Gasteiger charge is -2.07. The highest BCUT2D eigenvalue weighted by Gasteiger charge is 2.32. The molecule has 0 fully saturated rings. The van der Waals surface area contributed by atoms with Crippen LogP contribution < -0.4 is 18.0 Å². The molecule has 0 saturated heterocycles. The summed E-state index contributed by atoms with van der Waals surface area (Å²) in [4.78, 5) is 41.9. The molecule has 0 N–H and O–H groups in total. The molecule has 0 atom stereocenters. The zero-order valence-electron chi connectivity index (χ0n) is 27.9. The minimum absolute atomic E-state index is 0.0946. The van der Waals surface area contributed by atoms with Crippen LogP contribution >= 0.6 is 0 Å². The van der Waals surface area contributed by atoms with Crippen LogP contribution in [0.25, 0.3) is 33.6 Å².